The molecule has 2 N–H and O–H groups in total. The van der Waals surface area contributed by atoms with Gasteiger partial charge in [0.1, 0.15) is 0 Å². The van der Waals surface area contributed by atoms with Crippen LogP contribution >= 0.6 is 0 Å². The number of nitrogens with zero attached hydrogens (tertiary/aromatic N) is 2. The quantitative estimate of drug-likeness (QED) is 0.661. The van der Waals surface area contributed by atoms with Crippen molar-refractivity contribution in [2.75, 3.05) is 6.54 Å². The third-order valence-electron chi connectivity index (χ3n) is 2.61. The van der Waals surface area contributed by atoms with Crippen molar-refractivity contribution in [1.82, 2.24) is 9.99 Å². The topological polar surface area (TPSA) is 42.1 Å². The molecule has 0 spiro atoms. The molecule has 0 saturated carbocycles. The number of hydrazine groups is 1. The van der Waals surface area contributed by atoms with Gasteiger partial charge < -0.3 is 0 Å². The van der Waals surface area contributed by atoms with Gasteiger partial charge in [-0.25, -0.2) is 5.01 Å². The Hall–Kier alpha value is -0.930. The molecule has 1 saturated heterocycles. The minimum Gasteiger partial charge on any atom is -0.268 e. The molecule has 13 heavy (non-hydrogen) atoms. The highest BCUT2D eigenvalue weighted by molar-refractivity contribution is 5.14. The minimum absolute atomic E-state index is 0.377. The molecular weight excluding hydrogens is 162 g/mol. The Balaban J connectivity index is 2.15. The van der Waals surface area contributed by atoms with Crippen LogP contribution in [0.15, 0.2) is 24.5 Å². The number of piperidine rings is 1. The van der Waals surface area contributed by atoms with E-state index in [1.807, 2.05) is 17.3 Å². The monoisotopic (exact) mass is 177 g/mol. The van der Waals surface area contributed by atoms with E-state index in [0.29, 0.717) is 6.04 Å². The second-order valence-corrected chi connectivity index (χ2v) is 3.54. The van der Waals surface area contributed by atoms with Crippen LogP contribution in [0.4, 0.5) is 0 Å². The van der Waals surface area contributed by atoms with E-state index in [1.54, 1.807) is 6.20 Å². The van der Waals surface area contributed by atoms with Crippen LogP contribution in [0, 0.1) is 0 Å². The summed E-state index contributed by atoms with van der Waals surface area (Å²) < 4.78 is 0. The summed E-state index contributed by atoms with van der Waals surface area (Å²) in [4.78, 5) is 4.11. The average Bonchev–Trinajstić information content (AvgIpc) is 2.20. The van der Waals surface area contributed by atoms with Crippen LogP contribution in [0.5, 0.6) is 0 Å². The highest BCUT2D eigenvalue weighted by Crippen LogP contribution is 2.27. The molecule has 0 radical (unpaired) electrons. The standard InChI is InChI=1S/C10H15N3/c11-13-7-2-1-5-10(13)9-4-3-6-12-8-9/h3-4,6,8,10H,1-2,5,7,11H2/t10-/m0/s1. The summed E-state index contributed by atoms with van der Waals surface area (Å²) in [5.74, 6) is 5.92. The fraction of sp³-hybridized carbons (Fsp3) is 0.500. The maximum absolute atomic E-state index is 5.92. The van der Waals surface area contributed by atoms with Crippen LogP contribution in [-0.4, -0.2) is 16.5 Å². The molecule has 2 heterocycles. The Bertz CT molecular complexity index is 260. The maximum atomic E-state index is 5.92. The van der Waals surface area contributed by atoms with Gasteiger partial charge in [-0.05, 0) is 24.5 Å². The summed E-state index contributed by atoms with van der Waals surface area (Å²) in [6, 6.07) is 4.45. The Morgan fingerprint density at radius 2 is 2.38 bits per heavy atom. The first kappa shape index (κ1) is 8.66. The third-order valence-corrected chi connectivity index (χ3v) is 2.61. The zero-order chi connectivity index (χ0) is 9.10. The summed E-state index contributed by atoms with van der Waals surface area (Å²) in [6.07, 6.45) is 7.35. The number of pyridine rings is 1. The molecule has 1 aliphatic rings. The van der Waals surface area contributed by atoms with Crippen molar-refractivity contribution in [2.24, 2.45) is 5.84 Å². The fourth-order valence-electron chi connectivity index (χ4n) is 1.88. The van der Waals surface area contributed by atoms with Crippen molar-refractivity contribution in [3.05, 3.63) is 30.1 Å². The Morgan fingerprint density at radius 3 is 3.08 bits per heavy atom. The third kappa shape index (κ3) is 1.87. The van der Waals surface area contributed by atoms with Crippen molar-refractivity contribution in [1.29, 1.82) is 0 Å². The van der Waals surface area contributed by atoms with E-state index in [0.717, 1.165) is 13.0 Å². The number of nitrogens with two attached hydrogens (primary N) is 1. The highest BCUT2D eigenvalue weighted by atomic mass is 15.4. The predicted octanol–water partition coefficient (Wildman–Crippen LogP) is 1.48. The normalized spacial score (nSPS) is 24.5. The molecule has 3 nitrogen and oxygen atoms in total. The van der Waals surface area contributed by atoms with E-state index >= 15 is 0 Å². The van der Waals surface area contributed by atoms with E-state index in [4.69, 9.17) is 5.84 Å². The first-order valence-corrected chi connectivity index (χ1v) is 4.79. The van der Waals surface area contributed by atoms with Crippen molar-refractivity contribution >= 4 is 0 Å². The number of rotatable bonds is 1. The van der Waals surface area contributed by atoms with E-state index in [-0.39, 0.29) is 0 Å². The zero-order valence-electron chi connectivity index (χ0n) is 7.69. The van der Waals surface area contributed by atoms with E-state index in [2.05, 4.69) is 11.1 Å². The van der Waals surface area contributed by atoms with Gasteiger partial charge in [0.15, 0.2) is 0 Å². The summed E-state index contributed by atoms with van der Waals surface area (Å²) >= 11 is 0. The van der Waals surface area contributed by atoms with Crippen LogP contribution in [0.3, 0.4) is 0 Å². The number of hydrogen-bond donors (Lipinski definition) is 1. The van der Waals surface area contributed by atoms with Gasteiger partial charge in [-0.1, -0.05) is 12.5 Å². The number of aromatic nitrogens is 1. The summed E-state index contributed by atoms with van der Waals surface area (Å²) in [5.41, 5.74) is 1.24. The highest BCUT2D eigenvalue weighted by Gasteiger charge is 2.20. The molecule has 2 rings (SSSR count). The lowest BCUT2D eigenvalue weighted by Gasteiger charge is -2.31. The van der Waals surface area contributed by atoms with Crippen molar-refractivity contribution in [2.45, 2.75) is 25.3 Å². The van der Waals surface area contributed by atoms with Gasteiger partial charge in [0.25, 0.3) is 0 Å². The number of hydrogen-bond acceptors (Lipinski definition) is 3. The predicted molar refractivity (Wildman–Crippen MR) is 51.7 cm³/mol. The van der Waals surface area contributed by atoms with E-state index in [9.17, 15) is 0 Å². The second kappa shape index (κ2) is 3.85. The molecule has 70 valence electrons. The Morgan fingerprint density at radius 1 is 1.46 bits per heavy atom. The van der Waals surface area contributed by atoms with Crippen LogP contribution in [0.2, 0.25) is 0 Å². The lowest BCUT2D eigenvalue weighted by molar-refractivity contribution is 0.151. The average molecular weight is 177 g/mol. The SMILES string of the molecule is NN1CCCC[C@H]1c1cccnc1. The maximum Gasteiger partial charge on any atom is 0.0505 e. The van der Waals surface area contributed by atoms with Gasteiger partial charge >= 0.3 is 0 Å². The molecule has 0 unspecified atom stereocenters. The van der Waals surface area contributed by atoms with Crippen LogP contribution in [-0.2, 0) is 0 Å². The molecule has 0 bridgehead atoms. The molecule has 0 aliphatic carbocycles. The van der Waals surface area contributed by atoms with E-state index < -0.39 is 0 Å². The molecule has 0 aromatic carbocycles. The zero-order valence-corrected chi connectivity index (χ0v) is 7.69. The van der Waals surface area contributed by atoms with Crippen LogP contribution in [0.25, 0.3) is 0 Å². The second-order valence-electron chi connectivity index (χ2n) is 3.54. The molecule has 1 aromatic rings. The van der Waals surface area contributed by atoms with Gasteiger partial charge in [0.2, 0.25) is 0 Å². The largest absolute Gasteiger partial charge is 0.268 e. The summed E-state index contributed by atoms with van der Waals surface area (Å²) in [7, 11) is 0. The first-order valence-electron chi connectivity index (χ1n) is 4.79. The van der Waals surface area contributed by atoms with Crippen LogP contribution in [0.1, 0.15) is 30.9 Å². The first-order chi connectivity index (χ1) is 6.38. The van der Waals surface area contributed by atoms with Gasteiger partial charge in [0, 0.05) is 18.9 Å². The van der Waals surface area contributed by atoms with Crippen molar-refractivity contribution in [3.63, 3.8) is 0 Å². The van der Waals surface area contributed by atoms with E-state index in [1.165, 1.54) is 18.4 Å². The molecule has 0 amide bonds. The lowest BCUT2D eigenvalue weighted by atomic mass is 9.98. The lowest BCUT2D eigenvalue weighted by Crippen LogP contribution is -2.38. The van der Waals surface area contributed by atoms with Gasteiger partial charge in [-0.3, -0.25) is 10.8 Å². The fourth-order valence-corrected chi connectivity index (χ4v) is 1.88. The Labute approximate surface area is 78.5 Å². The summed E-state index contributed by atoms with van der Waals surface area (Å²) in [5, 5.41) is 1.93. The smallest absolute Gasteiger partial charge is 0.0505 e. The molecule has 3 heteroatoms. The molecular formula is C10H15N3. The molecule has 1 fully saturated rings. The molecule has 1 atom stereocenters. The molecule has 1 aliphatic heterocycles. The van der Waals surface area contributed by atoms with Crippen molar-refractivity contribution in [3.8, 4) is 0 Å². The summed E-state index contributed by atoms with van der Waals surface area (Å²) in [6.45, 7) is 1.000. The van der Waals surface area contributed by atoms with Gasteiger partial charge in [-0.2, -0.15) is 0 Å². The minimum atomic E-state index is 0.377. The van der Waals surface area contributed by atoms with Crippen LogP contribution < -0.4 is 5.84 Å². The van der Waals surface area contributed by atoms with Gasteiger partial charge in [0.05, 0.1) is 6.04 Å². The Kier molecular flexibility index (Phi) is 2.57. The molecule has 1 aromatic heterocycles. The van der Waals surface area contributed by atoms with Crippen molar-refractivity contribution < 1.29 is 0 Å². The van der Waals surface area contributed by atoms with Gasteiger partial charge in [-0.15, -0.1) is 0 Å².